The highest BCUT2D eigenvalue weighted by Gasteiger charge is 2.29. The van der Waals surface area contributed by atoms with E-state index in [4.69, 9.17) is 9.57 Å². The van der Waals surface area contributed by atoms with Gasteiger partial charge < -0.3 is 19.0 Å². The fraction of sp³-hybridized carbons (Fsp3) is 0.444. The van der Waals surface area contributed by atoms with Gasteiger partial charge in [0, 0.05) is 5.92 Å². The van der Waals surface area contributed by atoms with Gasteiger partial charge in [0.05, 0.1) is 26.9 Å². The Morgan fingerprint density at radius 2 is 1.62 bits per heavy atom. The molecule has 0 saturated heterocycles. The Balaban J connectivity index is 2.86. The zero-order valence-electron chi connectivity index (χ0n) is 15.5. The average Bonchev–Trinajstić information content (AvgIpc) is 2.66. The maximum Gasteiger partial charge on any atom is 0.355 e. The highest BCUT2D eigenvalue weighted by Crippen LogP contribution is 2.17. The molecule has 26 heavy (non-hydrogen) atoms. The van der Waals surface area contributed by atoms with Crippen molar-refractivity contribution in [3.63, 3.8) is 0 Å². The largest absolute Gasteiger partial charge is 0.466 e. The molecule has 1 aromatic rings. The molecule has 0 amide bonds. The van der Waals surface area contributed by atoms with Crippen molar-refractivity contribution in [1.29, 1.82) is 0 Å². The molecule has 0 aromatic heterocycles. The summed E-state index contributed by atoms with van der Waals surface area (Å²) >= 11 is 0. The number of oxime groups is 1. The fourth-order valence-electron chi connectivity index (χ4n) is 2.19. The zero-order chi connectivity index (χ0) is 19.7. The van der Waals surface area contributed by atoms with E-state index in [0.29, 0.717) is 12.0 Å². The number of rotatable bonds is 8. The highest BCUT2D eigenvalue weighted by molar-refractivity contribution is 6.35. The lowest BCUT2D eigenvalue weighted by Gasteiger charge is -2.20. The maximum atomic E-state index is 12.0. The normalized spacial score (nSPS) is 13.3. The number of benzene rings is 1. The van der Waals surface area contributed by atoms with Crippen LogP contribution in [0, 0.1) is 5.92 Å². The summed E-state index contributed by atoms with van der Waals surface area (Å²) in [5.41, 5.74) is 1.30. The van der Waals surface area contributed by atoms with Gasteiger partial charge in [0.15, 0.2) is 5.71 Å². The van der Waals surface area contributed by atoms with Gasteiger partial charge in [0.2, 0.25) is 6.10 Å². The Bertz CT molecular complexity index is 667. The minimum absolute atomic E-state index is 0.0176. The molecule has 0 aliphatic carbocycles. The third-order valence-corrected chi connectivity index (χ3v) is 3.67. The van der Waals surface area contributed by atoms with Crippen LogP contribution in [-0.4, -0.2) is 51.1 Å². The Hall–Kier alpha value is -2.90. The van der Waals surface area contributed by atoms with E-state index in [9.17, 15) is 14.4 Å². The molecule has 0 aliphatic heterocycles. The lowest BCUT2D eigenvalue weighted by molar-refractivity contribution is -0.158. The van der Waals surface area contributed by atoms with Crippen LogP contribution in [-0.2, 0) is 35.1 Å². The SMILES string of the molecule is COC(=O)/C(C)=N/OC(C(=O)OC)C(C)Cc1ccc(C(=O)OC)cc1. The lowest BCUT2D eigenvalue weighted by Crippen LogP contribution is -2.32. The zero-order valence-corrected chi connectivity index (χ0v) is 15.5. The van der Waals surface area contributed by atoms with E-state index in [1.54, 1.807) is 31.2 Å². The molecule has 0 saturated carbocycles. The van der Waals surface area contributed by atoms with Gasteiger partial charge >= 0.3 is 17.9 Å². The number of carbonyl (C=O) groups excluding carboxylic acids is 3. The third kappa shape index (κ3) is 5.87. The topological polar surface area (TPSA) is 100 Å². The number of esters is 3. The van der Waals surface area contributed by atoms with Crippen LogP contribution in [0.25, 0.3) is 0 Å². The molecule has 142 valence electrons. The molecule has 0 radical (unpaired) electrons. The average molecular weight is 365 g/mol. The van der Waals surface area contributed by atoms with Gasteiger partial charge in [-0.2, -0.15) is 0 Å². The first-order valence-corrected chi connectivity index (χ1v) is 7.87. The van der Waals surface area contributed by atoms with Crippen LogP contribution in [0.1, 0.15) is 29.8 Å². The van der Waals surface area contributed by atoms with Crippen molar-refractivity contribution in [3.05, 3.63) is 35.4 Å². The predicted octanol–water partition coefficient (Wildman–Crippen LogP) is 1.76. The van der Waals surface area contributed by atoms with Crippen LogP contribution >= 0.6 is 0 Å². The van der Waals surface area contributed by atoms with Gasteiger partial charge in [-0.05, 0) is 31.0 Å². The summed E-state index contributed by atoms with van der Waals surface area (Å²) in [6, 6.07) is 6.81. The summed E-state index contributed by atoms with van der Waals surface area (Å²) < 4.78 is 13.9. The summed E-state index contributed by atoms with van der Waals surface area (Å²) in [7, 11) is 3.78. The Morgan fingerprint density at radius 3 is 2.12 bits per heavy atom. The first-order chi connectivity index (χ1) is 12.3. The molecule has 0 spiro atoms. The summed E-state index contributed by atoms with van der Waals surface area (Å²) in [5, 5.41) is 3.66. The number of hydrogen-bond donors (Lipinski definition) is 0. The Morgan fingerprint density at radius 1 is 1.00 bits per heavy atom. The number of ether oxygens (including phenoxy) is 3. The number of nitrogens with zero attached hydrogens (tertiary/aromatic N) is 1. The van der Waals surface area contributed by atoms with Crippen LogP contribution in [0.4, 0.5) is 0 Å². The van der Waals surface area contributed by atoms with Gasteiger partial charge in [-0.25, -0.2) is 14.4 Å². The smallest absolute Gasteiger partial charge is 0.355 e. The summed E-state index contributed by atoms with van der Waals surface area (Å²) in [4.78, 5) is 40.0. The van der Waals surface area contributed by atoms with Crippen molar-refractivity contribution in [1.82, 2.24) is 0 Å². The monoisotopic (exact) mass is 365 g/mol. The summed E-state index contributed by atoms with van der Waals surface area (Å²) in [5.74, 6) is -1.99. The maximum absolute atomic E-state index is 12.0. The van der Waals surface area contributed by atoms with Crippen molar-refractivity contribution in [3.8, 4) is 0 Å². The van der Waals surface area contributed by atoms with Gasteiger partial charge in [0.25, 0.3) is 0 Å². The van der Waals surface area contributed by atoms with Crippen LogP contribution in [0.3, 0.4) is 0 Å². The van der Waals surface area contributed by atoms with Gasteiger partial charge in [-0.1, -0.05) is 24.2 Å². The third-order valence-electron chi connectivity index (χ3n) is 3.67. The molecule has 0 heterocycles. The quantitative estimate of drug-likeness (QED) is 0.299. The van der Waals surface area contributed by atoms with Crippen LogP contribution < -0.4 is 0 Å². The number of carbonyl (C=O) groups is 3. The van der Waals surface area contributed by atoms with Crippen molar-refractivity contribution in [2.75, 3.05) is 21.3 Å². The molecule has 8 heteroatoms. The molecule has 1 rings (SSSR count). The van der Waals surface area contributed by atoms with E-state index in [1.165, 1.54) is 28.3 Å². The van der Waals surface area contributed by atoms with Gasteiger partial charge in [-0.15, -0.1) is 0 Å². The van der Waals surface area contributed by atoms with Crippen LogP contribution in [0.15, 0.2) is 29.4 Å². The summed E-state index contributed by atoms with van der Waals surface area (Å²) in [6.07, 6.45) is -0.534. The molecule has 2 atom stereocenters. The van der Waals surface area contributed by atoms with E-state index >= 15 is 0 Å². The minimum Gasteiger partial charge on any atom is -0.466 e. The molecular weight excluding hydrogens is 342 g/mol. The van der Waals surface area contributed by atoms with Gasteiger partial charge in [0.1, 0.15) is 0 Å². The second-order valence-electron chi connectivity index (χ2n) is 5.59. The lowest BCUT2D eigenvalue weighted by atomic mass is 9.95. The van der Waals surface area contributed by atoms with Crippen molar-refractivity contribution < 1.29 is 33.4 Å². The van der Waals surface area contributed by atoms with E-state index in [-0.39, 0.29) is 11.6 Å². The van der Waals surface area contributed by atoms with E-state index < -0.39 is 24.0 Å². The van der Waals surface area contributed by atoms with Crippen LogP contribution in [0.2, 0.25) is 0 Å². The molecule has 0 N–H and O–H groups in total. The fourth-order valence-corrected chi connectivity index (χ4v) is 2.19. The number of methoxy groups -OCH3 is 3. The van der Waals surface area contributed by atoms with E-state index in [2.05, 4.69) is 14.6 Å². The highest BCUT2D eigenvalue weighted by atomic mass is 16.7. The molecular formula is C18H23NO7. The predicted molar refractivity (Wildman–Crippen MR) is 92.7 cm³/mol. The van der Waals surface area contributed by atoms with E-state index in [0.717, 1.165) is 5.56 Å². The standard InChI is InChI=1S/C18H23NO7/c1-11(10-13-6-8-14(9-7-13)17(21)24-4)15(18(22)25-5)26-19-12(2)16(20)23-3/h6-9,11,15H,10H2,1-5H3/b19-12+. The first-order valence-electron chi connectivity index (χ1n) is 7.87. The molecule has 0 fully saturated rings. The second kappa shape index (κ2) is 10.2. The van der Waals surface area contributed by atoms with Crippen LogP contribution in [0.5, 0.6) is 0 Å². The molecule has 0 aliphatic rings. The van der Waals surface area contributed by atoms with Crippen molar-refractivity contribution in [2.24, 2.45) is 11.1 Å². The Labute approximate surface area is 152 Å². The first kappa shape index (κ1) is 21.1. The van der Waals surface area contributed by atoms with Crippen molar-refractivity contribution >= 4 is 23.6 Å². The molecule has 1 aromatic carbocycles. The minimum atomic E-state index is -1.00. The molecule has 8 nitrogen and oxygen atoms in total. The van der Waals surface area contributed by atoms with E-state index in [1.807, 2.05) is 0 Å². The summed E-state index contributed by atoms with van der Waals surface area (Å²) in [6.45, 7) is 3.20. The number of hydrogen-bond acceptors (Lipinski definition) is 8. The second-order valence-corrected chi connectivity index (χ2v) is 5.59. The molecule has 0 bridgehead atoms. The Kier molecular flexibility index (Phi) is 8.27. The van der Waals surface area contributed by atoms with Crippen molar-refractivity contribution in [2.45, 2.75) is 26.4 Å². The molecule has 2 unspecified atom stereocenters. The van der Waals surface area contributed by atoms with Gasteiger partial charge in [-0.3, -0.25) is 0 Å².